The van der Waals surface area contributed by atoms with E-state index in [0.29, 0.717) is 11.2 Å². The van der Waals surface area contributed by atoms with Crippen molar-refractivity contribution in [2.45, 2.75) is 0 Å². The second-order valence-electron chi connectivity index (χ2n) is 25.5. The van der Waals surface area contributed by atoms with Crippen LogP contribution < -0.4 is 0 Å². The van der Waals surface area contributed by atoms with Gasteiger partial charge >= 0.3 is 0 Å². The minimum absolute atomic E-state index is 0.291. The second-order valence-corrected chi connectivity index (χ2v) is 32.2. The van der Waals surface area contributed by atoms with Gasteiger partial charge in [0.1, 0.15) is 0 Å². The van der Waals surface area contributed by atoms with E-state index in [1.807, 2.05) is 40.1 Å². The normalized spacial score (nSPS) is 12.2. The zero-order valence-electron chi connectivity index (χ0n) is 53.1. The van der Waals surface area contributed by atoms with Crippen molar-refractivity contribution in [3.8, 4) is 28.5 Å². The van der Waals surface area contributed by atoms with Gasteiger partial charge < -0.3 is 4.98 Å². The monoisotopic (exact) mass is 1410 g/mol. The molecular formula is C88H47ClN6S6. The van der Waals surface area contributed by atoms with Crippen LogP contribution in [-0.2, 0) is 0 Å². The summed E-state index contributed by atoms with van der Waals surface area (Å²) in [6, 6.07) is 100.0. The van der Waals surface area contributed by atoms with Crippen LogP contribution in [0.5, 0.6) is 0 Å². The molecule has 10 heterocycles. The zero-order chi connectivity index (χ0) is 66.1. The Morgan fingerprint density at radius 1 is 0.267 bits per heavy atom. The lowest BCUT2D eigenvalue weighted by atomic mass is 10.00. The van der Waals surface area contributed by atoms with Gasteiger partial charge in [-0.1, -0.05) is 231 Å². The first-order chi connectivity index (χ1) is 50.0. The van der Waals surface area contributed by atoms with Crippen LogP contribution in [-0.4, -0.2) is 29.5 Å². The molecule has 0 aliphatic rings. The smallest absolute Gasteiger partial charge is 0.235 e. The summed E-state index contributed by atoms with van der Waals surface area (Å²) < 4.78 is 17.4. The lowest BCUT2D eigenvalue weighted by Crippen LogP contribution is -2.03. The molecule has 101 heavy (non-hydrogen) atoms. The second kappa shape index (κ2) is 22.5. The van der Waals surface area contributed by atoms with Crippen LogP contribution in [0.15, 0.2) is 279 Å². The summed E-state index contributed by atoms with van der Waals surface area (Å²) in [6.45, 7) is 0. The van der Waals surface area contributed by atoms with Gasteiger partial charge in [-0.25, -0.2) is 19.9 Å². The van der Waals surface area contributed by atoms with Crippen molar-refractivity contribution in [1.82, 2.24) is 29.5 Å². The van der Waals surface area contributed by atoms with Gasteiger partial charge in [0.25, 0.3) is 0 Å². The highest BCUT2D eigenvalue weighted by atomic mass is 35.5. The lowest BCUT2D eigenvalue weighted by Gasteiger charge is -2.12. The molecule has 0 saturated heterocycles. The Balaban J connectivity index is 0.000000106. The van der Waals surface area contributed by atoms with Gasteiger partial charge in [-0.15, -0.1) is 68.0 Å². The standard InChI is InChI=1S/C44H23N3S3.C22H11ClN2S2.C22H13NS/c1-2-14-27-25(13-1)36-28-15-3-7-20-32(28)47(40(36)37-29-16-5-9-22-34(29)49-42(27)37)44-45-38-30-17-6-10-23-35(30)50-43(38)39(46-44)31-19-11-18-26-24-12-4-8-21-33(24)48-41(26)31;23-22-24-18-14-7-2-4-11-17(14)27-21(18)19(25-22)15-9-5-8-13-12-6-1-3-10-16(12)26-20(13)15;1-2-8-14-13(7-1)19-15-9-3-5-11-17(15)23-21(19)20-16-10-4-6-12-18(16)24-22(14)20/h1-23H;1-11H;1-12,23H. The Bertz CT molecular complexity index is 7650. The highest BCUT2D eigenvalue weighted by Gasteiger charge is 2.27. The summed E-state index contributed by atoms with van der Waals surface area (Å²) in [7, 11) is 0. The van der Waals surface area contributed by atoms with Gasteiger partial charge in [0.15, 0.2) is 0 Å². The molecule has 0 unspecified atom stereocenters. The topological polar surface area (TPSA) is 72.3 Å². The van der Waals surface area contributed by atoms with Crippen molar-refractivity contribution in [3.05, 3.63) is 284 Å². The molecule has 0 aliphatic heterocycles. The third kappa shape index (κ3) is 8.65. The summed E-state index contributed by atoms with van der Waals surface area (Å²) in [5.74, 6) is 0.701. The quantitative estimate of drug-likeness (QED) is 0.179. The number of benzene rings is 14. The summed E-state index contributed by atoms with van der Waals surface area (Å²) in [5.41, 5.74) is 10.9. The highest BCUT2D eigenvalue weighted by Crippen LogP contribution is 2.52. The minimum atomic E-state index is 0.291. The molecule has 0 amide bonds. The first-order valence-corrected chi connectivity index (χ1v) is 38.6. The Kier molecular flexibility index (Phi) is 12.9. The summed E-state index contributed by atoms with van der Waals surface area (Å²) in [6.07, 6.45) is 0. The fourth-order valence-corrected chi connectivity index (χ4v) is 23.2. The molecule has 1 N–H and O–H groups in total. The van der Waals surface area contributed by atoms with E-state index in [4.69, 9.17) is 21.6 Å². The number of aromatic amines is 1. The van der Waals surface area contributed by atoms with Crippen LogP contribution in [0.25, 0.3) is 215 Å². The molecule has 0 aliphatic carbocycles. The van der Waals surface area contributed by atoms with E-state index in [9.17, 15) is 0 Å². The molecule has 0 radical (unpaired) electrons. The van der Waals surface area contributed by atoms with Gasteiger partial charge in [-0.3, -0.25) is 4.57 Å². The molecule has 14 aromatic carbocycles. The van der Waals surface area contributed by atoms with E-state index in [1.165, 1.54) is 155 Å². The molecule has 0 atom stereocenters. The fraction of sp³-hybridized carbons (Fsp3) is 0. The Hall–Kier alpha value is -11.0. The van der Waals surface area contributed by atoms with E-state index in [-0.39, 0.29) is 0 Å². The van der Waals surface area contributed by atoms with E-state index in [1.54, 1.807) is 34.0 Å². The Morgan fingerprint density at radius 3 is 1.22 bits per heavy atom. The number of rotatable bonds is 3. The van der Waals surface area contributed by atoms with Crippen molar-refractivity contribution >= 4 is 266 Å². The number of hydrogen-bond acceptors (Lipinski definition) is 10. The van der Waals surface area contributed by atoms with Crippen LogP contribution in [0.3, 0.4) is 0 Å². The molecule has 10 aromatic heterocycles. The number of thiophene rings is 6. The Morgan fingerprint density at radius 2 is 0.644 bits per heavy atom. The number of H-pyrrole nitrogens is 1. The number of halogens is 1. The molecule has 0 fully saturated rings. The van der Waals surface area contributed by atoms with E-state index < -0.39 is 0 Å². The zero-order valence-corrected chi connectivity index (χ0v) is 58.8. The first kappa shape index (κ1) is 57.8. The maximum atomic E-state index is 6.35. The van der Waals surface area contributed by atoms with Crippen molar-refractivity contribution < 1.29 is 0 Å². The van der Waals surface area contributed by atoms with Crippen molar-refractivity contribution in [2.75, 3.05) is 0 Å². The van der Waals surface area contributed by atoms with Crippen LogP contribution >= 0.6 is 79.6 Å². The molecule has 13 heteroatoms. The first-order valence-electron chi connectivity index (χ1n) is 33.4. The molecule has 0 bridgehead atoms. The molecular weight excluding hydrogens is 1370 g/mol. The third-order valence-electron chi connectivity index (χ3n) is 20.1. The van der Waals surface area contributed by atoms with E-state index >= 15 is 0 Å². The number of aromatic nitrogens is 6. The maximum Gasteiger partial charge on any atom is 0.235 e. The predicted molar refractivity (Wildman–Crippen MR) is 442 cm³/mol. The average Bonchev–Trinajstić information content (AvgIpc) is 1.54. The van der Waals surface area contributed by atoms with Crippen LogP contribution in [0, 0.1) is 0 Å². The molecule has 24 aromatic rings. The Labute approximate surface area is 603 Å². The van der Waals surface area contributed by atoms with Crippen molar-refractivity contribution in [1.29, 1.82) is 0 Å². The van der Waals surface area contributed by atoms with Crippen molar-refractivity contribution in [2.24, 2.45) is 0 Å². The van der Waals surface area contributed by atoms with Gasteiger partial charge in [0, 0.05) is 150 Å². The molecule has 24 rings (SSSR count). The maximum absolute atomic E-state index is 6.35. The summed E-state index contributed by atoms with van der Waals surface area (Å²) in [4.78, 5) is 24.1. The van der Waals surface area contributed by atoms with E-state index in [0.717, 1.165) is 53.9 Å². The number of fused-ring (bicyclic) bond motifs is 32. The van der Waals surface area contributed by atoms with Gasteiger partial charge in [0.2, 0.25) is 11.2 Å². The van der Waals surface area contributed by atoms with Gasteiger partial charge in [0.05, 0.1) is 48.4 Å². The summed E-state index contributed by atoms with van der Waals surface area (Å²) >= 11 is 17.3. The fourth-order valence-electron chi connectivity index (χ4n) is 15.8. The van der Waals surface area contributed by atoms with Gasteiger partial charge in [-0.2, -0.15) is 0 Å². The van der Waals surface area contributed by atoms with Crippen molar-refractivity contribution in [3.63, 3.8) is 0 Å². The molecule has 0 saturated carbocycles. The van der Waals surface area contributed by atoms with Gasteiger partial charge in [-0.05, 0) is 70.9 Å². The average molecular weight is 1420 g/mol. The highest BCUT2D eigenvalue weighted by molar-refractivity contribution is 7.29. The van der Waals surface area contributed by atoms with Crippen LogP contribution in [0.1, 0.15) is 0 Å². The van der Waals surface area contributed by atoms with Crippen LogP contribution in [0.4, 0.5) is 0 Å². The number of hydrogen-bond donors (Lipinski definition) is 1. The lowest BCUT2D eigenvalue weighted by molar-refractivity contribution is 1.02. The minimum Gasteiger partial charge on any atom is -0.354 e. The largest absolute Gasteiger partial charge is 0.354 e. The molecule has 0 spiro atoms. The number of nitrogens with zero attached hydrogens (tertiary/aromatic N) is 5. The van der Waals surface area contributed by atoms with E-state index in [2.05, 4.69) is 293 Å². The molecule has 6 nitrogen and oxygen atoms in total. The van der Waals surface area contributed by atoms with Crippen LogP contribution in [0.2, 0.25) is 5.28 Å². The number of para-hydroxylation sites is 2. The third-order valence-corrected chi connectivity index (χ3v) is 27.4. The number of nitrogens with one attached hydrogen (secondary N) is 1. The summed E-state index contributed by atoms with van der Waals surface area (Å²) in [5, 5.41) is 23.3. The SMILES string of the molecule is Clc1nc(-c2cccc3c2sc2ccccc23)c2sc3ccccc3c2n1.c1ccc2c(c1)[nH]c1c2c2ccccc2c2sc3ccccc3c12.c1ccc2c(c1)sc1c(-c3nc(-n4c5ccccc5c5c6ccccc6c6sc7ccccc7c6c54)nc4c3sc3ccccc34)cccc12. The molecule has 472 valence electrons. The predicted octanol–water partition coefficient (Wildman–Crippen LogP) is 27.9.